The van der Waals surface area contributed by atoms with Gasteiger partial charge in [-0.1, -0.05) is 54.6 Å². The molecule has 3 aromatic carbocycles. The van der Waals surface area contributed by atoms with Crippen LogP contribution >= 0.6 is 0 Å². The Hall–Kier alpha value is -3.74. The number of carboxylic acid groups (broad SMARTS) is 1. The van der Waals surface area contributed by atoms with Gasteiger partial charge in [0.05, 0.1) is 0 Å². The first-order valence-electron chi connectivity index (χ1n) is 10.3. The summed E-state index contributed by atoms with van der Waals surface area (Å²) in [6.07, 6.45) is -0.790. The maximum atomic E-state index is 14.2. The van der Waals surface area contributed by atoms with Crippen LogP contribution in [0, 0.1) is 11.6 Å². The quantitative estimate of drug-likeness (QED) is 0.636. The topological polar surface area (TPSA) is 66.8 Å². The first kappa shape index (κ1) is 20.2. The molecule has 0 bridgehead atoms. The third-order valence-electron chi connectivity index (χ3n) is 6.25. The van der Waals surface area contributed by atoms with E-state index in [1.165, 1.54) is 6.07 Å². The van der Waals surface area contributed by atoms with E-state index in [2.05, 4.69) is 0 Å². The Morgan fingerprint density at radius 1 is 0.938 bits per heavy atom. The van der Waals surface area contributed by atoms with Crippen LogP contribution in [0.1, 0.15) is 34.2 Å². The number of hydrogen-bond donors (Lipinski definition) is 1. The number of halogens is 2. The van der Waals surface area contributed by atoms with Gasteiger partial charge < -0.3 is 9.84 Å². The predicted molar refractivity (Wildman–Crippen MR) is 112 cm³/mol. The van der Waals surface area contributed by atoms with Crippen molar-refractivity contribution in [3.8, 4) is 11.1 Å². The lowest BCUT2D eigenvalue weighted by Crippen LogP contribution is -2.44. The highest BCUT2D eigenvalue weighted by Gasteiger charge is 2.39. The predicted octanol–water partition coefficient (Wildman–Crippen LogP) is 4.90. The van der Waals surface area contributed by atoms with Crippen LogP contribution in [0.15, 0.2) is 60.7 Å². The zero-order valence-electron chi connectivity index (χ0n) is 16.9. The van der Waals surface area contributed by atoms with E-state index in [4.69, 9.17) is 4.74 Å². The fourth-order valence-electron chi connectivity index (χ4n) is 4.79. The minimum absolute atomic E-state index is 0.00685. The standard InChI is InChI=1S/C25H19F2NO4/c26-21-10-9-19-18(22(21)27)11-12-28(23(19)24(29)30)25(31)32-13-20-16-7-3-1-5-14(16)15-6-2-4-8-17(15)20/h1-10,20,23H,11-13H2,(H,29,30). The summed E-state index contributed by atoms with van der Waals surface area (Å²) in [4.78, 5) is 25.9. The van der Waals surface area contributed by atoms with Crippen LogP contribution in [-0.2, 0) is 16.0 Å². The highest BCUT2D eigenvalue weighted by Crippen LogP contribution is 2.44. The Bertz CT molecular complexity index is 1200. The number of carbonyl (C=O) groups excluding carboxylic acids is 1. The van der Waals surface area contributed by atoms with E-state index >= 15 is 0 Å². The Morgan fingerprint density at radius 2 is 1.56 bits per heavy atom. The Labute approximate surface area is 182 Å². The van der Waals surface area contributed by atoms with Crippen LogP contribution in [0.3, 0.4) is 0 Å². The van der Waals surface area contributed by atoms with Crippen LogP contribution in [0.4, 0.5) is 13.6 Å². The zero-order chi connectivity index (χ0) is 22.4. The maximum absolute atomic E-state index is 14.2. The SMILES string of the molecule is O=C(O)C1c2ccc(F)c(F)c2CCN1C(=O)OCC1c2ccccc2-c2ccccc21. The molecule has 0 saturated heterocycles. The molecule has 1 amide bonds. The summed E-state index contributed by atoms with van der Waals surface area (Å²) in [5, 5.41) is 9.74. The summed E-state index contributed by atoms with van der Waals surface area (Å²) in [5.74, 6) is -3.60. The van der Waals surface area contributed by atoms with Crippen molar-refractivity contribution < 1.29 is 28.2 Å². The van der Waals surface area contributed by atoms with Gasteiger partial charge in [-0.25, -0.2) is 18.4 Å². The number of ether oxygens (including phenoxy) is 1. The van der Waals surface area contributed by atoms with E-state index in [0.29, 0.717) is 0 Å². The van der Waals surface area contributed by atoms with E-state index in [9.17, 15) is 23.5 Å². The number of nitrogens with zero attached hydrogens (tertiary/aromatic N) is 1. The fraction of sp³-hybridized carbons (Fsp3) is 0.200. The minimum atomic E-state index is -1.44. The Balaban J connectivity index is 1.40. The van der Waals surface area contributed by atoms with Crippen LogP contribution < -0.4 is 0 Å². The van der Waals surface area contributed by atoms with Gasteiger partial charge in [0.15, 0.2) is 17.7 Å². The molecule has 5 nitrogen and oxygen atoms in total. The van der Waals surface area contributed by atoms with E-state index in [1.807, 2.05) is 48.5 Å². The number of carbonyl (C=O) groups is 2. The van der Waals surface area contributed by atoms with Gasteiger partial charge in [0.1, 0.15) is 6.61 Å². The van der Waals surface area contributed by atoms with Gasteiger partial charge in [-0.2, -0.15) is 0 Å². The molecule has 162 valence electrons. The molecule has 0 aromatic heterocycles. The van der Waals surface area contributed by atoms with Crippen molar-refractivity contribution in [3.63, 3.8) is 0 Å². The second-order valence-electron chi connectivity index (χ2n) is 7.92. The molecule has 0 radical (unpaired) electrons. The highest BCUT2D eigenvalue weighted by molar-refractivity contribution is 5.83. The molecule has 1 aliphatic heterocycles. The number of amides is 1. The summed E-state index contributed by atoms with van der Waals surface area (Å²) in [6, 6.07) is 16.4. The first-order valence-corrected chi connectivity index (χ1v) is 10.3. The molecule has 1 atom stereocenters. The van der Waals surface area contributed by atoms with Crippen molar-refractivity contribution in [1.29, 1.82) is 0 Å². The van der Waals surface area contributed by atoms with Crippen molar-refractivity contribution >= 4 is 12.1 Å². The summed E-state index contributed by atoms with van der Waals surface area (Å²) < 4.78 is 33.4. The fourth-order valence-corrected chi connectivity index (χ4v) is 4.79. The third kappa shape index (κ3) is 3.12. The molecule has 1 N–H and O–H groups in total. The van der Waals surface area contributed by atoms with Crippen LogP contribution in [-0.4, -0.2) is 35.2 Å². The molecule has 1 unspecified atom stereocenters. The molecular formula is C25H19F2NO4. The molecular weight excluding hydrogens is 416 g/mol. The average molecular weight is 435 g/mol. The van der Waals surface area contributed by atoms with Crippen molar-refractivity contribution in [2.24, 2.45) is 0 Å². The van der Waals surface area contributed by atoms with Gasteiger partial charge in [0.25, 0.3) is 0 Å². The third-order valence-corrected chi connectivity index (χ3v) is 6.25. The molecule has 5 rings (SSSR count). The normalized spacial score (nSPS) is 16.8. The van der Waals surface area contributed by atoms with Gasteiger partial charge in [0, 0.05) is 12.5 Å². The molecule has 1 heterocycles. The number of rotatable bonds is 3. The molecule has 32 heavy (non-hydrogen) atoms. The molecule has 0 fully saturated rings. The van der Waals surface area contributed by atoms with Gasteiger partial charge in [0.2, 0.25) is 0 Å². The van der Waals surface area contributed by atoms with E-state index in [1.54, 1.807) is 0 Å². The van der Waals surface area contributed by atoms with Gasteiger partial charge in [-0.15, -0.1) is 0 Å². The molecule has 0 saturated carbocycles. The molecule has 1 aliphatic carbocycles. The number of carboxylic acids is 1. The number of aliphatic carboxylic acids is 1. The monoisotopic (exact) mass is 435 g/mol. The summed E-state index contributed by atoms with van der Waals surface area (Å²) in [7, 11) is 0. The molecule has 3 aromatic rings. The van der Waals surface area contributed by atoms with Crippen LogP contribution in [0.2, 0.25) is 0 Å². The van der Waals surface area contributed by atoms with Gasteiger partial charge >= 0.3 is 12.1 Å². The second-order valence-corrected chi connectivity index (χ2v) is 7.92. The maximum Gasteiger partial charge on any atom is 0.410 e. The van der Waals surface area contributed by atoms with Gasteiger partial charge in [-0.05, 0) is 45.9 Å². The summed E-state index contributed by atoms with van der Waals surface area (Å²) >= 11 is 0. The summed E-state index contributed by atoms with van der Waals surface area (Å²) in [5.41, 5.74) is 4.29. The number of fused-ring (bicyclic) bond motifs is 4. The lowest BCUT2D eigenvalue weighted by molar-refractivity contribution is -0.143. The number of benzene rings is 3. The summed E-state index contributed by atoms with van der Waals surface area (Å²) in [6.45, 7) is -0.0403. The van der Waals surface area contributed by atoms with Gasteiger partial charge in [-0.3, -0.25) is 4.90 Å². The van der Waals surface area contributed by atoms with E-state index in [-0.39, 0.29) is 36.6 Å². The largest absolute Gasteiger partial charge is 0.479 e. The van der Waals surface area contributed by atoms with Crippen molar-refractivity contribution in [1.82, 2.24) is 4.90 Å². The Morgan fingerprint density at radius 3 is 2.19 bits per heavy atom. The van der Waals surface area contributed by atoms with Crippen LogP contribution in [0.5, 0.6) is 0 Å². The lowest BCUT2D eigenvalue weighted by Gasteiger charge is -2.34. The zero-order valence-corrected chi connectivity index (χ0v) is 16.9. The second kappa shape index (κ2) is 7.75. The first-order chi connectivity index (χ1) is 15.5. The lowest BCUT2D eigenvalue weighted by atomic mass is 9.92. The van der Waals surface area contributed by atoms with E-state index in [0.717, 1.165) is 33.2 Å². The van der Waals surface area contributed by atoms with Crippen molar-refractivity contribution in [2.75, 3.05) is 13.2 Å². The molecule has 7 heteroatoms. The Kier molecular flexibility index (Phi) is 4.89. The number of hydrogen-bond acceptors (Lipinski definition) is 3. The molecule has 0 spiro atoms. The smallest absolute Gasteiger partial charge is 0.410 e. The average Bonchev–Trinajstić information content (AvgIpc) is 3.13. The highest BCUT2D eigenvalue weighted by atomic mass is 19.2. The van der Waals surface area contributed by atoms with Crippen molar-refractivity contribution in [3.05, 3.63) is 94.6 Å². The van der Waals surface area contributed by atoms with Crippen LogP contribution in [0.25, 0.3) is 11.1 Å². The molecule has 2 aliphatic rings. The minimum Gasteiger partial charge on any atom is -0.479 e. The van der Waals surface area contributed by atoms with Crippen molar-refractivity contribution in [2.45, 2.75) is 18.4 Å². The van der Waals surface area contributed by atoms with E-state index < -0.39 is 29.7 Å².